The molecule has 0 spiro atoms. The summed E-state index contributed by atoms with van der Waals surface area (Å²) >= 11 is 0. The van der Waals surface area contributed by atoms with Crippen molar-refractivity contribution in [3.63, 3.8) is 0 Å². The number of rotatable bonds is 6. The second kappa shape index (κ2) is 7.63. The van der Waals surface area contributed by atoms with E-state index < -0.39 is 38.4 Å². The van der Waals surface area contributed by atoms with Gasteiger partial charge >= 0.3 is 0 Å². The highest BCUT2D eigenvalue weighted by molar-refractivity contribution is 7.92. The maximum Gasteiger partial charge on any atom is 0.243 e. The van der Waals surface area contributed by atoms with E-state index in [1.807, 2.05) is 6.07 Å². The van der Waals surface area contributed by atoms with Crippen molar-refractivity contribution in [2.75, 3.05) is 35.2 Å². The molecule has 142 valence electrons. The Morgan fingerprint density at radius 3 is 2.35 bits per heavy atom. The molecule has 0 aliphatic carbocycles. The Morgan fingerprint density at radius 2 is 1.92 bits per heavy atom. The molecule has 1 aromatic rings. The molecule has 1 unspecified atom stereocenters. The third-order valence-corrected chi connectivity index (χ3v) is 7.16. The first-order chi connectivity index (χ1) is 12.1. The lowest BCUT2D eigenvalue weighted by Gasteiger charge is -2.30. The molecule has 26 heavy (non-hydrogen) atoms. The number of anilines is 1. The van der Waals surface area contributed by atoms with Crippen LogP contribution in [0.4, 0.5) is 5.69 Å². The summed E-state index contributed by atoms with van der Waals surface area (Å²) in [5.74, 6) is -0.515. The van der Waals surface area contributed by atoms with Gasteiger partial charge in [0.25, 0.3) is 0 Å². The van der Waals surface area contributed by atoms with Crippen LogP contribution < -0.4 is 4.31 Å². The van der Waals surface area contributed by atoms with Gasteiger partial charge in [-0.05, 0) is 37.6 Å². The summed E-state index contributed by atoms with van der Waals surface area (Å²) in [7, 11) is -6.89. The van der Waals surface area contributed by atoms with Crippen LogP contribution in [-0.4, -0.2) is 64.5 Å². The number of amides is 1. The zero-order chi connectivity index (χ0) is 19.5. The molecule has 0 N–H and O–H groups in total. The van der Waals surface area contributed by atoms with E-state index in [1.165, 1.54) is 29.2 Å². The molecule has 8 nitrogen and oxygen atoms in total. The largest absolute Gasteiger partial charge is 0.337 e. The molecular formula is C16H21N3O5S2. The van der Waals surface area contributed by atoms with E-state index in [4.69, 9.17) is 5.26 Å². The van der Waals surface area contributed by atoms with Crippen molar-refractivity contribution in [3.8, 4) is 6.07 Å². The van der Waals surface area contributed by atoms with Crippen molar-refractivity contribution < 1.29 is 21.6 Å². The minimum Gasteiger partial charge on any atom is -0.337 e. The predicted octanol–water partition coefficient (Wildman–Crippen LogP) is 0.360. The SMILES string of the molecule is CCN(C(=O)CN(c1ccc(C#N)cc1)S(C)(=O)=O)C1CCS(=O)(=O)C1. The van der Waals surface area contributed by atoms with E-state index in [2.05, 4.69) is 0 Å². The molecule has 2 rings (SSSR count). The van der Waals surface area contributed by atoms with E-state index in [9.17, 15) is 21.6 Å². The van der Waals surface area contributed by atoms with Crippen molar-refractivity contribution >= 4 is 31.5 Å². The number of benzene rings is 1. The molecule has 1 aromatic carbocycles. The van der Waals surface area contributed by atoms with Gasteiger partial charge in [-0.2, -0.15) is 5.26 Å². The molecule has 0 saturated carbocycles. The van der Waals surface area contributed by atoms with Crippen LogP contribution >= 0.6 is 0 Å². The molecule has 1 amide bonds. The Labute approximate surface area is 154 Å². The van der Waals surface area contributed by atoms with Crippen molar-refractivity contribution in [1.82, 2.24) is 4.90 Å². The Balaban J connectivity index is 2.24. The average molecular weight is 399 g/mol. The summed E-state index contributed by atoms with van der Waals surface area (Å²) in [6, 6.07) is 7.38. The third kappa shape index (κ3) is 4.74. The molecule has 1 aliphatic heterocycles. The second-order valence-electron chi connectivity index (χ2n) is 6.16. The fourth-order valence-corrected chi connectivity index (χ4v) is 5.56. The zero-order valence-electron chi connectivity index (χ0n) is 14.6. The Hall–Kier alpha value is -2.12. The Morgan fingerprint density at radius 1 is 1.31 bits per heavy atom. The topological polar surface area (TPSA) is 116 Å². The first kappa shape index (κ1) is 20.2. The highest BCUT2D eigenvalue weighted by atomic mass is 32.2. The van der Waals surface area contributed by atoms with E-state index in [0.29, 0.717) is 18.5 Å². The number of nitriles is 1. The van der Waals surface area contributed by atoms with Crippen LogP contribution in [0, 0.1) is 11.3 Å². The summed E-state index contributed by atoms with van der Waals surface area (Å²) in [6.45, 7) is 1.61. The van der Waals surface area contributed by atoms with Crippen LogP contribution in [0.1, 0.15) is 18.9 Å². The van der Waals surface area contributed by atoms with Gasteiger partial charge in [0.2, 0.25) is 15.9 Å². The summed E-state index contributed by atoms with van der Waals surface area (Å²) in [4.78, 5) is 14.1. The first-order valence-corrected chi connectivity index (χ1v) is 11.7. The van der Waals surface area contributed by atoms with Crippen molar-refractivity contribution in [2.45, 2.75) is 19.4 Å². The number of sulfone groups is 1. The lowest BCUT2D eigenvalue weighted by atomic mass is 10.2. The normalized spacial score (nSPS) is 18.9. The maximum atomic E-state index is 12.7. The van der Waals surface area contributed by atoms with Crippen LogP contribution in [0.2, 0.25) is 0 Å². The summed E-state index contributed by atoms with van der Waals surface area (Å²) < 4.78 is 48.6. The zero-order valence-corrected chi connectivity index (χ0v) is 16.3. The van der Waals surface area contributed by atoms with Crippen LogP contribution in [0.25, 0.3) is 0 Å². The molecule has 1 heterocycles. The monoisotopic (exact) mass is 399 g/mol. The number of hydrogen-bond acceptors (Lipinski definition) is 6. The highest BCUT2D eigenvalue weighted by Crippen LogP contribution is 2.21. The standard InChI is InChI=1S/C16H21N3O5S2/c1-3-18(15-8-9-26(23,24)12-15)16(20)11-19(25(2,21)22)14-6-4-13(10-17)5-7-14/h4-7,15H,3,8-9,11-12H2,1-2H3. The third-order valence-electron chi connectivity index (χ3n) is 4.27. The van der Waals surface area contributed by atoms with Gasteiger partial charge in [0.05, 0.1) is 35.1 Å². The van der Waals surface area contributed by atoms with Crippen LogP contribution in [-0.2, 0) is 24.7 Å². The van der Waals surface area contributed by atoms with Crippen LogP contribution in [0.15, 0.2) is 24.3 Å². The summed E-state index contributed by atoms with van der Waals surface area (Å²) in [5, 5.41) is 8.85. The average Bonchev–Trinajstić information content (AvgIpc) is 2.92. The molecule has 0 radical (unpaired) electrons. The van der Waals surface area contributed by atoms with Crippen molar-refractivity contribution in [3.05, 3.63) is 29.8 Å². The van der Waals surface area contributed by atoms with Crippen molar-refractivity contribution in [1.29, 1.82) is 5.26 Å². The molecule has 10 heteroatoms. The lowest BCUT2D eigenvalue weighted by molar-refractivity contribution is -0.131. The van der Waals surface area contributed by atoms with Gasteiger partial charge in [-0.25, -0.2) is 16.8 Å². The van der Waals surface area contributed by atoms with Gasteiger partial charge < -0.3 is 4.90 Å². The molecule has 0 bridgehead atoms. The van der Waals surface area contributed by atoms with E-state index >= 15 is 0 Å². The Bertz CT molecular complexity index is 918. The van der Waals surface area contributed by atoms with Gasteiger partial charge in [0.1, 0.15) is 6.54 Å². The van der Waals surface area contributed by atoms with E-state index in [1.54, 1.807) is 6.92 Å². The quantitative estimate of drug-likeness (QED) is 0.682. The molecule has 0 aromatic heterocycles. The number of likely N-dealkylation sites (N-methyl/N-ethyl adjacent to an activating group) is 1. The van der Waals surface area contributed by atoms with Gasteiger partial charge in [0, 0.05) is 12.6 Å². The number of hydrogen-bond donors (Lipinski definition) is 0. The van der Waals surface area contributed by atoms with E-state index in [0.717, 1.165) is 10.6 Å². The molecule has 1 saturated heterocycles. The van der Waals surface area contributed by atoms with Gasteiger partial charge in [-0.1, -0.05) is 0 Å². The molecule has 1 fully saturated rings. The summed E-state index contributed by atoms with van der Waals surface area (Å²) in [5.41, 5.74) is 0.648. The predicted molar refractivity (Wildman–Crippen MR) is 97.8 cm³/mol. The number of sulfonamides is 1. The molecule has 1 aliphatic rings. The lowest BCUT2D eigenvalue weighted by Crippen LogP contribution is -2.47. The summed E-state index contributed by atoms with van der Waals surface area (Å²) in [6.07, 6.45) is 1.35. The van der Waals surface area contributed by atoms with Crippen molar-refractivity contribution in [2.24, 2.45) is 0 Å². The van der Waals surface area contributed by atoms with Gasteiger partial charge in [-0.15, -0.1) is 0 Å². The second-order valence-corrected chi connectivity index (χ2v) is 10.3. The Kier molecular flexibility index (Phi) is 5.93. The van der Waals surface area contributed by atoms with Crippen LogP contribution in [0.3, 0.4) is 0 Å². The van der Waals surface area contributed by atoms with Gasteiger partial charge in [0.15, 0.2) is 9.84 Å². The van der Waals surface area contributed by atoms with E-state index in [-0.39, 0.29) is 17.2 Å². The molecular weight excluding hydrogens is 378 g/mol. The fourth-order valence-electron chi connectivity index (χ4n) is 2.98. The maximum absolute atomic E-state index is 12.7. The molecule has 1 atom stereocenters. The highest BCUT2D eigenvalue weighted by Gasteiger charge is 2.35. The van der Waals surface area contributed by atoms with Gasteiger partial charge in [-0.3, -0.25) is 9.10 Å². The van der Waals surface area contributed by atoms with Crippen LogP contribution in [0.5, 0.6) is 0 Å². The smallest absolute Gasteiger partial charge is 0.243 e. The fraction of sp³-hybridized carbons (Fsp3) is 0.500. The first-order valence-electron chi connectivity index (χ1n) is 8.05. The minimum absolute atomic E-state index is 0.0346. The number of carbonyl (C=O) groups excluding carboxylic acids is 1. The number of nitrogens with zero attached hydrogens (tertiary/aromatic N) is 3. The number of carbonyl (C=O) groups is 1. The minimum atomic E-state index is -3.74.